The molecule has 1 fully saturated rings. The summed E-state index contributed by atoms with van der Waals surface area (Å²) in [6, 6.07) is 0. The van der Waals surface area contributed by atoms with Gasteiger partial charge in [0.2, 0.25) is 0 Å². The molecule has 0 bridgehead atoms. The molecular formula is C10H12O4. The molecule has 0 saturated heterocycles. The Labute approximate surface area is 81.9 Å². The van der Waals surface area contributed by atoms with Crippen LogP contribution in [0.2, 0.25) is 0 Å². The minimum atomic E-state index is -0.665. The Morgan fingerprint density at radius 3 is 2.64 bits per heavy atom. The maximum absolute atomic E-state index is 11.5. The number of carbonyl (C=O) groups excluding carboxylic acids is 2. The van der Waals surface area contributed by atoms with Gasteiger partial charge in [-0.2, -0.15) is 0 Å². The van der Waals surface area contributed by atoms with Gasteiger partial charge in [0.15, 0.2) is 0 Å². The first-order valence-corrected chi connectivity index (χ1v) is 4.54. The van der Waals surface area contributed by atoms with Gasteiger partial charge in [-0.15, -0.1) is 0 Å². The van der Waals surface area contributed by atoms with Crippen molar-refractivity contribution in [3.05, 3.63) is 11.6 Å². The maximum Gasteiger partial charge on any atom is 0.334 e. The van der Waals surface area contributed by atoms with Crippen LogP contribution in [0.1, 0.15) is 12.8 Å². The van der Waals surface area contributed by atoms with Gasteiger partial charge in [-0.1, -0.05) is 6.08 Å². The zero-order chi connectivity index (χ0) is 10.3. The van der Waals surface area contributed by atoms with Crippen molar-refractivity contribution in [2.75, 3.05) is 14.2 Å². The lowest BCUT2D eigenvalue weighted by atomic mass is 9.97. The molecule has 2 rings (SSSR count). The molecule has 2 atom stereocenters. The highest BCUT2D eigenvalue weighted by atomic mass is 16.5. The summed E-state index contributed by atoms with van der Waals surface area (Å²) in [5.41, 5.74) is -0.182. The first-order valence-electron chi connectivity index (χ1n) is 4.54. The molecule has 0 heterocycles. The summed E-state index contributed by atoms with van der Waals surface area (Å²) in [6.45, 7) is 0. The molecule has 1 saturated carbocycles. The number of allylic oxidation sites excluding steroid dienone is 1. The lowest BCUT2D eigenvalue weighted by Gasteiger charge is -2.12. The number of hydrogen-bond donors (Lipinski definition) is 0. The standard InChI is InChI=1S/C10H12O4/c1-13-8(11)7-4-3-6-5-10(6,7)9(12)14-2/h4,6H,3,5H2,1-2H3. The summed E-state index contributed by atoms with van der Waals surface area (Å²) >= 11 is 0. The smallest absolute Gasteiger partial charge is 0.334 e. The number of carbonyl (C=O) groups is 2. The van der Waals surface area contributed by atoms with Crippen molar-refractivity contribution in [2.24, 2.45) is 11.3 Å². The van der Waals surface area contributed by atoms with Gasteiger partial charge >= 0.3 is 11.9 Å². The zero-order valence-electron chi connectivity index (χ0n) is 8.20. The van der Waals surface area contributed by atoms with E-state index < -0.39 is 11.4 Å². The summed E-state index contributed by atoms with van der Waals surface area (Å²) in [7, 11) is 2.67. The van der Waals surface area contributed by atoms with Crippen LogP contribution in [0, 0.1) is 11.3 Å². The molecule has 2 aliphatic rings. The van der Waals surface area contributed by atoms with E-state index in [0.29, 0.717) is 5.57 Å². The molecule has 0 N–H and O–H groups in total. The Kier molecular flexibility index (Phi) is 1.87. The van der Waals surface area contributed by atoms with Crippen molar-refractivity contribution < 1.29 is 19.1 Å². The molecule has 0 aromatic carbocycles. The van der Waals surface area contributed by atoms with Crippen molar-refractivity contribution in [1.29, 1.82) is 0 Å². The summed E-state index contributed by atoms with van der Waals surface area (Å²) in [4.78, 5) is 22.9. The molecule has 2 aliphatic carbocycles. The van der Waals surface area contributed by atoms with E-state index in [1.807, 2.05) is 0 Å². The lowest BCUT2D eigenvalue weighted by molar-refractivity contribution is -0.149. The topological polar surface area (TPSA) is 52.6 Å². The summed E-state index contributed by atoms with van der Waals surface area (Å²) < 4.78 is 9.35. The van der Waals surface area contributed by atoms with E-state index >= 15 is 0 Å². The second-order valence-electron chi connectivity index (χ2n) is 3.71. The third-order valence-electron chi connectivity index (χ3n) is 3.15. The molecule has 76 valence electrons. The molecule has 0 aromatic heterocycles. The van der Waals surface area contributed by atoms with E-state index in [1.54, 1.807) is 6.08 Å². The predicted molar refractivity (Wildman–Crippen MR) is 47.3 cm³/mol. The Hall–Kier alpha value is -1.32. The van der Waals surface area contributed by atoms with Gasteiger partial charge in [-0.25, -0.2) is 4.79 Å². The molecular weight excluding hydrogens is 184 g/mol. The second-order valence-corrected chi connectivity index (χ2v) is 3.71. The van der Waals surface area contributed by atoms with Crippen molar-refractivity contribution in [3.63, 3.8) is 0 Å². The number of methoxy groups -OCH3 is 2. The number of esters is 2. The van der Waals surface area contributed by atoms with Crippen LogP contribution in [0.25, 0.3) is 0 Å². The fourth-order valence-corrected chi connectivity index (χ4v) is 2.30. The molecule has 4 heteroatoms. The maximum atomic E-state index is 11.5. The molecule has 4 nitrogen and oxygen atoms in total. The highest BCUT2D eigenvalue weighted by Crippen LogP contribution is 2.64. The monoisotopic (exact) mass is 196 g/mol. The van der Waals surface area contributed by atoms with Gasteiger partial charge in [-0.05, 0) is 18.8 Å². The molecule has 2 unspecified atom stereocenters. The molecule has 0 spiro atoms. The van der Waals surface area contributed by atoms with Crippen LogP contribution < -0.4 is 0 Å². The summed E-state index contributed by atoms with van der Waals surface area (Å²) in [5, 5.41) is 0. The van der Waals surface area contributed by atoms with Crippen molar-refractivity contribution in [3.8, 4) is 0 Å². The summed E-state index contributed by atoms with van der Waals surface area (Å²) in [6.07, 6.45) is 3.29. The highest BCUT2D eigenvalue weighted by Gasteiger charge is 2.67. The quantitative estimate of drug-likeness (QED) is 0.609. The number of rotatable bonds is 2. The average molecular weight is 196 g/mol. The SMILES string of the molecule is COC(=O)C1=CCC2CC12C(=O)OC. The van der Waals surface area contributed by atoms with E-state index in [2.05, 4.69) is 4.74 Å². The Bertz CT molecular complexity index is 331. The normalized spacial score (nSPS) is 33.0. The largest absolute Gasteiger partial charge is 0.468 e. The predicted octanol–water partition coefficient (Wildman–Crippen LogP) is 0.669. The Morgan fingerprint density at radius 2 is 2.14 bits per heavy atom. The van der Waals surface area contributed by atoms with Crippen LogP contribution in [0.3, 0.4) is 0 Å². The highest BCUT2D eigenvalue weighted by molar-refractivity contribution is 6.01. The van der Waals surface area contributed by atoms with Gasteiger partial charge < -0.3 is 9.47 Å². The Balaban J connectivity index is 2.27. The third-order valence-corrected chi connectivity index (χ3v) is 3.15. The van der Waals surface area contributed by atoms with E-state index in [1.165, 1.54) is 14.2 Å². The van der Waals surface area contributed by atoms with Crippen LogP contribution in [-0.4, -0.2) is 26.2 Å². The zero-order valence-corrected chi connectivity index (χ0v) is 8.20. The molecule has 0 radical (unpaired) electrons. The van der Waals surface area contributed by atoms with Gasteiger partial charge in [0, 0.05) is 0 Å². The second kappa shape index (κ2) is 2.83. The van der Waals surface area contributed by atoms with Crippen molar-refractivity contribution in [2.45, 2.75) is 12.8 Å². The Morgan fingerprint density at radius 1 is 1.43 bits per heavy atom. The number of ether oxygens (including phenoxy) is 2. The van der Waals surface area contributed by atoms with Gasteiger partial charge in [0.25, 0.3) is 0 Å². The van der Waals surface area contributed by atoms with E-state index in [4.69, 9.17) is 4.74 Å². The fourth-order valence-electron chi connectivity index (χ4n) is 2.30. The van der Waals surface area contributed by atoms with Gasteiger partial charge in [0.1, 0.15) is 5.41 Å². The first kappa shape index (κ1) is 9.24. The van der Waals surface area contributed by atoms with Crippen LogP contribution in [0.15, 0.2) is 11.6 Å². The van der Waals surface area contributed by atoms with Crippen LogP contribution in [-0.2, 0) is 19.1 Å². The van der Waals surface area contributed by atoms with Crippen LogP contribution in [0.5, 0.6) is 0 Å². The molecule has 0 amide bonds. The minimum Gasteiger partial charge on any atom is -0.468 e. The van der Waals surface area contributed by atoms with Crippen molar-refractivity contribution >= 4 is 11.9 Å². The average Bonchev–Trinajstić information content (AvgIpc) is 2.84. The number of hydrogen-bond acceptors (Lipinski definition) is 4. The van der Waals surface area contributed by atoms with E-state index in [0.717, 1.165) is 12.8 Å². The van der Waals surface area contributed by atoms with E-state index in [-0.39, 0.29) is 11.9 Å². The first-order chi connectivity index (χ1) is 6.66. The fraction of sp³-hybridized carbons (Fsp3) is 0.600. The van der Waals surface area contributed by atoms with Gasteiger partial charge in [0.05, 0.1) is 19.8 Å². The number of fused-ring (bicyclic) bond motifs is 1. The minimum absolute atomic E-state index is 0.254. The molecule has 0 aromatic rings. The van der Waals surface area contributed by atoms with Crippen molar-refractivity contribution in [1.82, 2.24) is 0 Å². The van der Waals surface area contributed by atoms with E-state index in [9.17, 15) is 9.59 Å². The lowest BCUT2D eigenvalue weighted by Crippen LogP contribution is -2.25. The van der Waals surface area contributed by atoms with Crippen LogP contribution in [0.4, 0.5) is 0 Å². The summed E-state index contributed by atoms with van der Waals surface area (Å²) in [5.74, 6) is -0.462. The van der Waals surface area contributed by atoms with Crippen LogP contribution >= 0.6 is 0 Å². The molecule has 0 aliphatic heterocycles. The molecule has 14 heavy (non-hydrogen) atoms. The van der Waals surface area contributed by atoms with Gasteiger partial charge in [-0.3, -0.25) is 4.79 Å². The third kappa shape index (κ3) is 0.937.